The first kappa shape index (κ1) is 22.8. The average molecular weight is 456 g/mol. The van der Waals surface area contributed by atoms with E-state index in [2.05, 4.69) is 5.32 Å². The van der Waals surface area contributed by atoms with Gasteiger partial charge in [-0.15, -0.1) is 0 Å². The molecule has 4 rings (SSSR count). The quantitative estimate of drug-likeness (QED) is 0.323. The van der Waals surface area contributed by atoms with E-state index >= 15 is 0 Å². The maximum absolute atomic E-state index is 13.0. The summed E-state index contributed by atoms with van der Waals surface area (Å²) in [6, 6.07) is 20.9. The second-order valence-electron chi connectivity index (χ2n) is 7.88. The summed E-state index contributed by atoms with van der Waals surface area (Å²) in [4.78, 5) is 38.7. The van der Waals surface area contributed by atoms with Gasteiger partial charge in [-0.25, -0.2) is 9.69 Å². The minimum absolute atomic E-state index is 0.139. The monoisotopic (exact) mass is 456 g/mol. The number of hydrogen-bond donors (Lipinski definition) is 1. The van der Waals surface area contributed by atoms with Gasteiger partial charge in [-0.2, -0.15) is 0 Å². The van der Waals surface area contributed by atoms with Gasteiger partial charge in [0.2, 0.25) is 0 Å². The van der Waals surface area contributed by atoms with Crippen LogP contribution in [0, 0.1) is 13.8 Å². The second-order valence-corrected chi connectivity index (χ2v) is 7.88. The molecule has 0 aliphatic carbocycles. The lowest BCUT2D eigenvalue weighted by molar-refractivity contribution is -0.122. The van der Waals surface area contributed by atoms with Gasteiger partial charge in [0, 0.05) is 0 Å². The number of carbonyl (C=O) groups is 3. The number of carbonyl (C=O) groups excluding carboxylic acids is 3. The molecule has 1 fully saturated rings. The highest BCUT2D eigenvalue weighted by molar-refractivity contribution is 6.39. The molecule has 1 heterocycles. The number of rotatable bonds is 7. The molecule has 3 aromatic carbocycles. The van der Waals surface area contributed by atoms with Gasteiger partial charge in [0.15, 0.2) is 0 Å². The van der Waals surface area contributed by atoms with Gasteiger partial charge >= 0.3 is 6.03 Å². The molecule has 1 aliphatic heterocycles. The van der Waals surface area contributed by atoms with Gasteiger partial charge in [0.1, 0.15) is 30.3 Å². The molecule has 1 N–H and O–H groups in total. The lowest BCUT2D eigenvalue weighted by atomic mass is 10.1. The molecule has 0 atom stereocenters. The Bertz CT molecular complexity index is 1250. The molecule has 0 spiro atoms. The van der Waals surface area contributed by atoms with Crippen LogP contribution in [0.3, 0.4) is 0 Å². The summed E-state index contributed by atoms with van der Waals surface area (Å²) < 4.78 is 11.4. The number of nitrogens with zero attached hydrogens (tertiary/aromatic N) is 1. The van der Waals surface area contributed by atoms with Crippen molar-refractivity contribution in [2.24, 2.45) is 0 Å². The first-order valence-electron chi connectivity index (χ1n) is 10.8. The first-order chi connectivity index (χ1) is 16.4. The van der Waals surface area contributed by atoms with Crippen LogP contribution in [0.1, 0.15) is 16.7 Å². The molecule has 1 saturated heterocycles. The van der Waals surface area contributed by atoms with Crippen molar-refractivity contribution in [1.82, 2.24) is 5.32 Å². The highest BCUT2D eigenvalue weighted by Gasteiger charge is 2.36. The fourth-order valence-electron chi connectivity index (χ4n) is 3.40. The molecule has 0 saturated carbocycles. The van der Waals surface area contributed by atoms with E-state index in [1.807, 2.05) is 38.1 Å². The average Bonchev–Trinajstić information content (AvgIpc) is 2.82. The predicted molar refractivity (Wildman–Crippen MR) is 129 cm³/mol. The molecule has 7 nitrogen and oxygen atoms in total. The number of nitrogens with one attached hydrogen (secondary N) is 1. The molecule has 34 heavy (non-hydrogen) atoms. The lowest BCUT2D eigenvalue weighted by Gasteiger charge is -2.26. The smallest absolute Gasteiger partial charge is 0.335 e. The van der Waals surface area contributed by atoms with E-state index < -0.39 is 17.8 Å². The standard InChI is InChI=1S/C27H24N2O5/c1-18-6-10-21(11-7-18)29-26(31)24(25(30)28-27(29)32)17-20-4-3-5-23(16-20)34-15-14-33-22-12-8-19(2)9-13-22/h3-13,16-17H,14-15H2,1-2H3,(H,28,30,32)/b24-17-. The van der Waals surface area contributed by atoms with Crippen LogP contribution in [0.15, 0.2) is 78.4 Å². The third-order valence-electron chi connectivity index (χ3n) is 5.20. The topological polar surface area (TPSA) is 84.9 Å². The van der Waals surface area contributed by atoms with Crippen molar-refractivity contribution in [3.8, 4) is 11.5 Å². The number of hydrogen-bond acceptors (Lipinski definition) is 5. The Kier molecular flexibility index (Phi) is 6.73. The third-order valence-corrected chi connectivity index (χ3v) is 5.20. The van der Waals surface area contributed by atoms with Gasteiger partial charge < -0.3 is 9.47 Å². The largest absolute Gasteiger partial charge is 0.490 e. The number of ether oxygens (including phenoxy) is 2. The van der Waals surface area contributed by atoms with Crippen molar-refractivity contribution >= 4 is 29.6 Å². The van der Waals surface area contributed by atoms with Crippen LogP contribution >= 0.6 is 0 Å². The number of benzene rings is 3. The van der Waals surface area contributed by atoms with Gasteiger partial charge in [0.05, 0.1) is 5.69 Å². The summed E-state index contributed by atoms with van der Waals surface area (Å²) in [5, 5.41) is 2.23. The van der Waals surface area contributed by atoms with E-state index in [1.165, 1.54) is 6.08 Å². The SMILES string of the molecule is Cc1ccc(OCCOc2cccc(/C=C3/C(=O)NC(=O)N(c4ccc(C)cc4)C3=O)c2)cc1. The zero-order chi connectivity index (χ0) is 24.1. The van der Waals surface area contributed by atoms with Crippen molar-refractivity contribution in [2.45, 2.75) is 13.8 Å². The van der Waals surface area contributed by atoms with Crippen LogP contribution in [0.5, 0.6) is 11.5 Å². The van der Waals surface area contributed by atoms with Gasteiger partial charge in [-0.1, -0.05) is 47.5 Å². The third kappa shape index (κ3) is 5.32. The Morgan fingerprint density at radius 2 is 1.41 bits per heavy atom. The van der Waals surface area contributed by atoms with Crippen LogP contribution in [0.2, 0.25) is 0 Å². The summed E-state index contributed by atoms with van der Waals surface area (Å²) in [5.74, 6) is -0.0919. The van der Waals surface area contributed by atoms with E-state index in [0.29, 0.717) is 30.2 Å². The van der Waals surface area contributed by atoms with E-state index in [1.54, 1.807) is 48.5 Å². The minimum Gasteiger partial charge on any atom is -0.490 e. The molecular weight excluding hydrogens is 432 g/mol. The van der Waals surface area contributed by atoms with Crippen LogP contribution in [-0.2, 0) is 9.59 Å². The summed E-state index contributed by atoms with van der Waals surface area (Å²) >= 11 is 0. The van der Waals surface area contributed by atoms with Crippen LogP contribution in [0.4, 0.5) is 10.5 Å². The summed E-state index contributed by atoms with van der Waals surface area (Å²) in [5.41, 5.74) is 2.98. The van der Waals surface area contributed by atoms with Crippen LogP contribution < -0.4 is 19.7 Å². The zero-order valence-corrected chi connectivity index (χ0v) is 18.9. The van der Waals surface area contributed by atoms with E-state index in [-0.39, 0.29) is 5.57 Å². The van der Waals surface area contributed by atoms with Gasteiger partial charge in [-0.05, 0) is 61.9 Å². The fourth-order valence-corrected chi connectivity index (χ4v) is 3.40. The van der Waals surface area contributed by atoms with Gasteiger partial charge in [-0.3, -0.25) is 14.9 Å². The zero-order valence-electron chi connectivity index (χ0n) is 18.9. The molecule has 1 aliphatic rings. The van der Waals surface area contributed by atoms with Crippen LogP contribution in [-0.4, -0.2) is 31.1 Å². The number of barbiturate groups is 1. The van der Waals surface area contributed by atoms with E-state index in [4.69, 9.17) is 9.47 Å². The molecule has 172 valence electrons. The Labute approximate surface area is 197 Å². The van der Waals surface area contributed by atoms with Crippen molar-refractivity contribution in [1.29, 1.82) is 0 Å². The molecule has 0 aromatic heterocycles. The molecule has 0 radical (unpaired) electrons. The minimum atomic E-state index is -0.776. The van der Waals surface area contributed by atoms with Crippen molar-refractivity contribution in [3.05, 3.63) is 95.1 Å². The highest BCUT2D eigenvalue weighted by Crippen LogP contribution is 2.23. The Hall–Kier alpha value is -4.39. The molecule has 0 unspecified atom stereocenters. The Balaban J connectivity index is 1.44. The first-order valence-corrected chi connectivity index (χ1v) is 10.8. The molecule has 4 amide bonds. The van der Waals surface area contributed by atoms with Crippen LogP contribution in [0.25, 0.3) is 6.08 Å². The number of amides is 4. The maximum atomic E-state index is 13.0. The summed E-state index contributed by atoms with van der Waals surface area (Å²) in [6.45, 7) is 4.60. The number of imide groups is 2. The number of anilines is 1. The number of urea groups is 1. The summed E-state index contributed by atoms with van der Waals surface area (Å²) in [6.07, 6.45) is 1.45. The predicted octanol–water partition coefficient (Wildman–Crippen LogP) is 4.43. The van der Waals surface area contributed by atoms with Crippen molar-refractivity contribution in [3.63, 3.8) is 0 Å². The Morgan fingerprint density at radius 1 is 0.794 bits per heavy atom. The van der Waals surface area contributed by atoms with E-state index in [9.17, 15) is 14.4 Å². The normalized spacial score (nSPS) is 14.8. The molecule has 7 heteroatoms. The highest BCUT2D eigenvalue weighted by atomic mass is 16.5. The molecular formula is C27H24N2O5. The molecule has 0 bridgehead atoms. The summed E-state index contributed by atoms with van der Waals surface area (Å²) in [7, 11) is 0. The lowest BCUT2D eigenvalue weighted by Crippen LogP contribution is -2.54. The van der Waals surface area contributed by atoms with E-state index in [0.717, 1.165) is 21.8 Å². The number of aryl methyl sites for hydroxylation is 2. The van der Waals surface area contributed by atoms with Gasteiger partial charge in [0.25, 0.3) is 11.8 Å². The van der Waals surface area contributed by atoms with Crippen molar-refractivity contribution in [2.75, 3.05) is 18.1 Å². The molecule has 3 aromatic rings. The maximum Gasteiger partial charge on any atom is 0.335 e. The Morgan fingerprint density at radius 3 is 2.09 bits per heavy atom. The fraction of sp³-hybridized carbons (Fsp3) is 0.148. The van der Waals surface area contributed by atoms with Crippen molar-refractivity contribution < 1.29 is 23.9 Å². The second kappa shape index (κ2) is 10.0.